The molecule has 50 heavy (non-hydrogen) atoms. The first-order valence-electron chi connectivity index (χ1n) is 16.2. The first kappa shape index (κ1) is 28.8. The summed E-state index contributed by atoms with van der Waals surface area (Å²) >= 11 is 0. The number of hydrogen-bond acceptors (Lipinski definition) is 1. The molecule has 5 nitrogen and oxygen atoms in total. The summed E-state index contributed by atoms with van der Waals surface area (Å²) in [5, 5.41) is 14.7. The van der Waals surface area contributed by atoms with Crippen molar-refractivity contribution >= 4 is 55.0 Å². The molecule has 0 spiro atoms. The van der Waals surface area contributed by atoms with Gasteiger partial charge in [-0.05, 0) is 76.7 Å². The molecule has 0 amide bonds. The van der Waals surface area contributed by atoms with Crippen LogP contribution in [0.5, 0.6) is 0 Å². The Labute approximate surface area is 288 Å². The number of nitriles is 1. The van der Waals surface area contributed by atoms with Gasteiger partial charge in [0.15, 0.2) is 11.4 Å². The van der Waals surface area contributed by atoms with Crippen molar-refractivity contribution < 1.29 is 0 Å². The third-order valence-electron chi connectivity index (χ3n) is 9.60. The third-order valence-corrected chi connectivity index (χ3v) is 9.60. The second-order valence-electron chi connectivity index (χ2n) is 12.2. The van der Waals surface area contributed by atoms with Crippen LogP contribution in [0.15, 0.2) is 152 Å². The van der Waals surface area contributed by atoms with E-state index in [9.17, 15) is 5.26 Å². The summed E-state index contributed by atoms with van der Waals surface area (Å²) < 4.78 is 4.44. The van der Waals surface area contributed by atoms with Crippen LogP contribution in [0.4, 0.5) is 11.4 Å². The monoisotopic (exact) mass is 635 g/mol. The van der Waals surface area contributed by atoms with E-state index in [1.165, 1.54) is 0 Å². The fourth-order valence-corrected chi connectivity index (χ4v) is 7.42. The molecule has 0 N–H and O–H groups in total. The molecule has 9 aromatic rings. The van der Waals surface area contributed by atoms with Gasteiger partial charge in [-0.2, -0.15) is 5.26 Å². The van der Waals surface area contributed by atoms with E-state index in [-0.39, 0.29) is 0 Å². The van der Waals surface area contributed by atoms with Crippen molar-refractivity contribution in [1.29, 1.82) is 5.26 Å². The van der Waals surface area contributed by atoms with Gasteiger partial charge in [-0.15, -0.1) is 0 Å². The zero-order valence-corrected chi connectivity index (χ0v) is 26.7. The number of nitrogens with zero attached hydrogens (tertiary/aromatic N) is 5. The quantitative estimate of drug-likeness (QED) is 0.177. The van der Waals surface area contributed by atoms with Gasteiger partial charge in [-0.1, -0.05) is 97.1 Å². The van der Waals surface area contributed by atoms with E-state index in [1.54, 1.807) is 0 Å². The van der Waals surface area contributed by atoms with Gasteiger partial charge in [-0.3, -0.25) is 0 Å². The van der Waals surface area contributed by atoms with Gasteiger partial charge in [0.2, 0.25) is 0 Å². The normalized spacial score (nSPS) is 11.1. The predicted molar refractivity (Wildman–Crippen MR) is 203 cm³/mol. The lowest BCUT2D eigenvalue weighted by Gasteiger charge is -2.18. The van der Waals surface area contributed by atoms with Crippen LogP contribution in [0, 0.1) is 24.5 Å². The number of para-hydroxylation sites is 4. The molecule has 0 saturated heterocycles. The molecule has 0 aliphatic rings. The highest BCUT2D eigenvalue weighted by Gasteiger charge is 2.20. The molecule has 2 heterocycles. The van der Waals surface area contributed by atoms with E-state index in [1.807, 2.05) is 97.1 Å². The van der Waals surface area contributed by atoms with Crippen LogP contribution < -0.4 is 0 Å². The predicted octanol–water partition coefficient (Wildman–Crippen LogP) is 12.2. The van der Waals surface area contributed by atoms with Crippen LogP contribution in [0.3, 0.4) is 0 Å². The number of aromatic nitrogens is 2. The fourth-order valence-electron chi connectivity index (χ4n) is 7.42. The molecule has 2 aromatic heterocycles. The van der Waals surface area contributed by atoms with Gasteiger partial charge in [0, 0.05) is 21.7 Å². The van der Waals surface area contributed by atoms with E-state index >= 15 is 0 Å². The van der Waals surface area contributed by atoms with Crippen molar-refractivity contribution in [2.24, 2.45) is 0 Å². The summed E-state index contributed by atoms with van der Waals surface area (Å²) in [6.07, 6.45) is 0. The van der Waals surface area contributed by atoms with Gasteiger partial charge < -0.3 is 9.13 Å². The average molecular weight is 636 g/mol. The Bertz CT molecular complexity index is 2920. The molecular formula is C45H25N5. The Hall–Kier alpha value is -7.39. The minimum atomic E-state index is 0.541. The summed E-state index contributed by atoms with van der Waals surface area (Å²) in [5.74, 6) is 0. The smallest absolute Gasteiger partial charge is 0.188 e. The number of benzene rings is 7. The van der Waals surface area contributed by atoms with Crippen LogP contribution in [0.25, 0.3) is 86.9 Å². The zero-order chi connectivity index (χ0) is 33.8. The van der Waals surface area contributed by atoms with Crippen LogP contribution >= 0.6 is 0 Å². The van der Waals surface area contributed by atoms with Crippen molar-refractivity contribution in [3.05, 3.63) is 180 Å². The molecule has 0 aliphatic heterocycles. The van der Waals surface area contributed by atoms with E-state index in [0.717, 1.165) is 77.2 Å². The molecular weight excluding hydrogens is 611 g/mol. The van der Waals surface area contributed by atoms with E-state index in [2.05, 4.69) is 79.5 Å². The average Bonchev–Trinajstić information content (AvgIpc) is 3.70. The molecule has 230 valence electrons. The second-order valence-corrected chi connectivity index (χ2v) is 12.2. The maximum atomic E-state index is 10.4. The molecule has 0 radical (unpaired) electrons. The number of hydrogen-bond donors (Lipinski definition) is 0. The lowest BCUT2D eigenvalue weighted by molar-refractivity contribution is 1.17. The van der Waals surface area contributed by atoms with Crippen molar-refractivity contribution in [2.75, 3.05) is 0 Å². The summed E-state index contributed by atoms with van der Waals surface area (Å²) in [6, 6.07) is 53.3. The molecule has 0 saturated carbocycles. The molecule has 5 heteroatoms. The van der Waals surface area contributed by atoms with Crippen LogP contribution in [-0.2, 0) is 0 Å². The molecule has 0 aliphatic carbocycles. The maximum absolute atomic E-state index is 10.4. The Morgan fingerprint density at radius 3 is 1.64 bits per heavy atom. The first-order valence-corrected chi connectivity index (χ1v) is 16.2. The second kappa shape index (κ2) is 11.4. The topological polar surface area (TPSA) is 42.4 Å². The standard InChI is InChI=1S/C45H25N5/c1-47-31-21-23-33(29-19-20-30(28-46)45(25-29)50-40-15-7-3-11-34(40)35-12-4-8-16-41(35)50)38(26-31)36-13-5-9-17-42(36)49-43-18-10-6-14-37(43)39-27-32(48-2)22-24-44(39)49/h3-27H. The van der Waals surface area contributed by atoms with E-state index < -0.39 is 0 Å². The SMILES string of the molecule is [C-]#[N+]c1ccc(-c2ccc(C#N)c(-n3c4ccccc4c4ccccc43)c2)c(-c2ccccc2-n2c3ccccc3c3cc([N+]#[C-])ccc32)c1. The largest absolute Gasteiger partial charge is 0.309 e. The highest BCUT2D eigenvalue weighted by molar-refractivity contribution is 6.11. The highest BCUT2D eigenvalue weighted by atomic mass is 15.0. The van der Waals surface area contributed by atoms with Crippen molar-refractivity contribution in [3.8, 4) is 39.7 Å². The fraction of sp³-hybridized carbons (Fsp3) is 0. The Kier molecular flexibility index (Phi) is 6.56. The Morgan fingerprint density at radius 1 is 0.440 bits per heavy atom. The summed E-state index contributed by atoms with van der Waals surface area (Å²) in [4.78, 5) is 7.53. The summed E-state index contributed by atoms with van der Waals surface area (Å²) in [6.45, 7) is 15.5. The van der Waals surface area contributed by atoms with Crippen molar-refractivity contribution in [2.45, 2.75) is 0 Å². The van der Waals surface area contributed by atoms with Crippen LogP contribution in [-0.4, -0.2) is 9.13 Å². The van der Waals surface area contributed by atoms with E-state index in [4.69, 9.17) is 13.1 Å². The van der Waals surface area contributed by atoms with E-state index in [0.29, 0.717) is 16.9 Å². The van der Waals surface area contributed by atoms with Crippen molar-refractivity contribution in [1.82, 2.24) is 9.13 Å². The minimum absolute atomic E-state index is 0.541. The van der Waals surface area contributed by atoms with Gasteiger partial charge >= 0.3 is 0 Å². The lowest BCUT2D eigenvalue weighted by Crippen LogP contribution is -2.00. The minimum Gasteiger partial charge on any atom is -0.309 e. The molecule has 0 fully saturated rings. The van der Waals surface area contributed by atoms with Gasteiger partial charge in [-0.25, -0.2) is 9.69 Å². The maximum Gasteiger partial charge on any atom is 0.188 e. The Balaban J connectivity index is 1.31. The third kappa shape index (κ3) is 4.31. The molecule has 7 aromatic carbocycles. The first-order chi connectivity index (χ1) is 24.7. The lowest BCUT2D eigenvalue weighted by atomic mass is 9.92. The highest BCUT2D eigenvalue weighted by Crippen LogP contribution is 2.43. The number of rotatable bonds is 4. The Morgan fingerprint density at radius 2 is 0.980 bits per heavy atom. The summed E-state index contributed by atoms with van der Waals surface area (Å²) in [7, 11) is 0. The summed E-state index contributed by atoms with van der Waals surface area (Å²) in [5.41, 5.74) is 11.3. The van der Waals surface area contributed by atoms with Gasteiger partial charge in [0.25, 0.3) is 0 Å². The molecule has 9 rings (SSSR count). The van der Waals surface area contributed by atoms with Crippen molar-refractivity contribution in [3.63, 3.8) is 0 Å². The van der Waals surface area contributed by atoms with Crippen LogP contribution in [0.2, 0.25) is 0 Å². The van der Waals surface area contributed by atoms with Gasteiger partial charge in [0.1, 0.15) is 6.07 Å². The van der Waals surface area contributed by atoms with Gasteiger partial charge in [0.05, 0.1) is 52.1 Å². The molecule has 0 bridgehead atoms. The zero-order valence-electron chi connectivity index (χ0n) is 26.7. The number of fused-ring (bicyclic) bond motifs is 6. The van der Waals surface area contributed by atoms with Crippen LogP contribution in [0.1, 0.15) is 5.56 Å². The molecule has 0 atom stereocenters. The molecule has 0 unspecified atom stereocenters.